The zero-order valence-corrected chi connectivity index (χ0v) is 19.9. The van der Waals surface area contributed by atoms with Gasteiger partial charge in [-0.25, -0.2) is 9.07 Å². The van der Waals surface area contributed by atoms with Gasteiger partial charge in [-0.05, 0) is 87.3 Å². The highest BCUT2D eigenvalue weighted by atomic mass is 19.1. The largest absolute Gasteiger partial charge is 0.334 e. The average Bonchev–Trinajstić information content (AvgIpc) is 3.66. The van der Waals surface area contributed by atoms with E-state index < -0.39 is 0 Å². The first-order valence-electron chi connectivity index (χ1n) is 12.4. The highest BCUT2D eigenvalue weighted by Crippen LogP contribution is 2.24. The van der Waals surface area contributed by atoms with Crippen molar-refractivity contribution in [2.45, 2.75) is 31.7 Å². The summed E-state index contributed by atoms with van der Waals surface area (Å²) < 4.78 is 15.2. The van der Waals surface area contributed by atoms with E-state index in [1.54, 1.807) is 16.9 Å². The number of hydrogen-bond donors (Lipinski definition) is 1. The van der Waals surface area contributed by atoms with Crippen LogP contribution in [0.5, 0.6) is 0 Å². The molecule has 4 heterocycles. The minimum atomic E-state index is -0.380. The van der Waals surface area contributed by atoms with E-state index >= 15 is 0 Å². The lowest BCUT2D eigenvalue weighted by Gasteiger charge is -2.28. The number of aromatic amines is 1. The lowest BCUT2D eigenvalue weighted by molar-refractivity contribution is 0.0709. The number of H-pyrrole nitrogens is 1. The molecule has 8 nitrogen and oxygen atoms in total. The molecule has 4 aromatic rings. The van der Waals surface area contributed by atoms with Crippen molar-refractivity contribution in [3.05, 3.63) is 76.5 Å². The number of likely N-dealkylation sites (tertiary alicyclic amines) is 2. The van der Waals surface area contributed by atoms with Gasteiger partial charge in [0.2, 0.25) is 0 Å². The topological polar surface area (TPSA) is 87.1 Å². The highest BCUT2D eigenvalue weighted by molar-refractivity contribution is 5.94. The van der Waals surface area contributed by atoms with Gasteiger partial charge in [0.1, 0.15) is 11.5 Å². The zero-order valence-electron chi connectivity index (χ0n) is 19.9. The minimum Gasteiger partial charge on any atom is -0.334 e. The van der Waals surface area contributed by atoms with Gasteiger partial charge in [-0.15, -0.1) is 5.10 Å². The standard InChI is InChI=1S/C27H27FN6O2/c28-20-7-10-24-19(14-20)15-23(26(35)29-24)25-17-34(31-30-25)21-8-5-18(6-9-21)27(36)33-13-3-4-22(33)16-32-11-1-2-12-32/h5-10,14-15,17,22H,1-4,11-13,16H2,(H,29,35). The third kappa shape index (κ3) is 4.30. The molecule has 0 radical (unpaired) electrons. The molecule has 36 heavy (non-hydrogen) atoms. The fourth-order valence-electron chi connectivity index (χ4n) is 5.36. The molecule has 1 amide bonds. The number of hydrogen-bond acceptors (Lipinski definition) is 5. The van der Waals surface area contributed by atoms with Crippen molar-refractivity contribution < 1.29 is 9.18 Å². The molecule has 9 heteroatoms. The Morgan fingerprint density at radius 3 is 2.64 bits per heavy atom. The second kappa shape index (κ2) is 9.31. The van der Waals surface area contributed by atoms with E-state index in [4.69, 9.17) is 0 Å². The third-order valence-electron chi connectivity index (χ3n) is 7.26. The van der Waals surface area contributed by atoms with Crippen molar-refractivity contribution in [2.75, 3.05) is 26.2 Å². The number of aromatic nitrogens is 4. The lowest BCUT2D eigenvalue weighted by Crippen LogP contribution is -2.42. The fraction of sp³-hybridized carbons (Fsp3) is 0.333. The molecule has 184 valence electrons. The van der Waals surface area contributed by atoms with Crippen molar-refractivity contribution in [3.8, 4) is 16.9 Å². The molecule has 6 rings (SSSR count). The van der Waals surface area contributed by atoms with Crippen LogP contribution in [0, 0.1) is 5.82 Å². The summed E-state index contributed by atoms with van der Waals surface area (Å²) in [4.78, 5) is 33.1. The Bertz CT molecular complexity index is 1470. The maximum absolute atomic E-state index is 13.6. The van der Waals surface area contributed by atoms with Crippen LogP contribution in [0.3, 0.4) is 0 Å². The van der Waals surface area contributed by atoms with Crippen molar-refractivity contribution in [2.24, 2.45) is 0 Å². The maximum Gasteiger partial charge on any atom is 0.258 e. The number of carbonyl (C=O) groups excluding carboxylic acids is 1. The monoisotopic (exact) mass is 486 g/mol. The second-order valence-electron chi connectivity index (χ2n) is 9.64. The highest BCUT2D eigenvalue weighted by Gasteiger charge is 2.31. The summed E-state index contributed by atoms with van der Waals surface area (Å²) >= 11 is 0. The van der Waals surface area contributed by atoms with Crippen LogP contribution >= 0.6 is 0 Å². The fourth-order valence-corrected chi connectivity index (χ4v) is 5.36. The molecule has 0 bridgehead atoms. The average molecular weight is 487 g/mol. The van der Waals surface area contributed by atoms with Gasteiger partial charge in [0.25, 0.3) is 11.5 Å². The Hall–Kier alpha value is -3.85. The number of rotatable bonds is 5. The van der Waals surface area contributed by atoms with Gasteiger partial charge in [0, 0.05) is 35.6 Å². The van der Waals surface area contributed by atoms with E-state index in [0.717, 1.165) is 44.7 Å². The molecule has 1 unspecified atom stereocenters. The Kier molecular flexibility index (Phi) is 5.85. The van der Waals surface area contributed by atoms with Crippen molar-refractivity contribution in [1.82, 2.24) is 29.8 Å². The van der Waals surface area contributed by atoms with Gasteiger partial charge in [-0.2, -0.15) is 0 Å². The number of halogens is 1. The number of benzene rings is 2. The van der Waals surface area contributed by atoms with Crippen LogP contribution in [0.4, 0.5) is 4.39 Å². The van der Waals surface area contributed by atoms with E-state index in [9.17, 15) is 14.0 Å². The third-order valence-corrected chi connectivity index (χ3v) is 7.26. The number of fused-ring (bicyclic) bond motifs is 1. The van der Waals surface area contributed by atoms with E-state index in [0.29, 0.717) is 27.7 Å². The van der Waals surface area contributed by atoms with Crippen LogP contribution in [0.1, 0.15) is 36.0 Å². The van der Waals surface area contributed by atoms with Gasteiger partial charge in [-0.3, -0.25) is 9.59 Å². The summed E-state index contributed by atoms with van der Waals surface area (Å²) in [6, 6.07) is 13.4. The Labute approximate surface area is 207 Å². The molecule has 2 saturated heterocycles. The molecule has 2 fully saturated rings. The van der Waals surface area contributed by atoms with E-state index in [2.05, 4.69) is 20.2 Å². The first kappa shape index (κ1) is 22.6. The van der Waals surface area contributed by atoms with Gasteiger partial charge in [-0.1, -0.05) is 5.21 Å². The lowest BCUT2D eigenvalue weighted by atomic mass is 10.1. The molecular formula is C27H27FN6O2. The maximum atomic E-state index is 13.6. The van der Waals surface area contributed by atoms with Gasteiger partial charge < -0.3 is 14.8 Å². The molecule has 0 aliphatic carbocycles. The quantitative estimate of drug-likeness (QED) is 0.466. The molecule has 0 spiro atoms. The van der Waals surface area contributed by atoms with Crippen molar-refractivity contribution in [1.29, 1.82) is 0 Å². The molecule has 2 aromatic carbocycles. The normalized spacial score (nSPS) is 18.4. The van der Waals surface area contributed by atoms with Crippen LogP contribution in [-0.4, -0.2) is 67.9 Å². The van der Waals surface area contributed by atoms with Gasteiger partial charge in [0.15, 0.2) is 0 Å². The van der Waals surface area contributed by atoms with E-state index in [1.807, 2.05) is 29.2 Å². The molecule has 1 atom stereocenters. The predicted octanol–water partition coefficient (Wildman–Crippen LogP) is 3.62. The van der Waals surface area contributed by atoms with Crippen LogP contribution in [-0.2, 0) is 0 Å². The number of pyridine rings is 1. The Balaban J connectivity index is 1.20. The van der Waals surface area contributed by atoms with Crippen LogP contribution in [0.25, 0.3) is 27.8 Å². The van der Waals surface area contributed by atoms with E-state index in [1.165, 1.54) is 31.0 Å². The summed E-state index contributed by atoms with van der Waals surface area (Å²) in [7, 11) is 0. The van der Waals surface area contributed by atoms with Crippen molar-refractivity contribution >= 4 is 16.8 Å². The number of carbonyl (C=O) groups is 1. The Morgan fingerprint density at radius 1 is 1.03 bits per heavy atom. The zero-order chi connectivity index (χ0) is 24.6. The van der Waals surface area contributed by atoms with Crippen LogP contribution in [0.15, 0.2) is 59.5 Å². The van der Waals surface area contributed by atoms with Gasteiger partial charge in [0.05, 0.1) is 17.4 Å². The number of amides is 1. The predicted molar refractivity (Wildman–Crippen MR) is 135 cm³/mol. The second-order valence-corrected chi connectivity index (χ2v) is 9.64. The smallest absolute Gasteiger partial charge is 0.258 e. The molecule has 1 N–H and O–H groups in total. The first-order valence-corrected chi connectivity index (χ1v) is 12.4. The SMILES string of the molecule is O=C(c1ccc(-n2cc(-c3cc4cc(F)ccc4[nH]c3=O)nn2)cc1)N1CCCC1CN1CCCC1. The van der Waals surface area contributed by atoms with Crippen molar-refractivity contribution in [3.63, 3.8) is 0 Å². The summed E-state index contributed by atoms with van der Waals surface area (Å²) in [5, 5.41) is 8.89. The number of nitrogens with zero attached hydrogens (tertiary/aromatic N) is 5. The van der Waals surface area contributed by atoms with Crippen LogP contribution in [0.2, 0.25) is 0 Å². The van der Waals surface area contributed by atoms with E-state index in [-0.39, 0.29) is 23.3 Å². The van der Waals surface area contributed by atoms with Gasteiger partial charge >= 0.3 is 0 Å². The first-order chi connectivity index (χ1) is 17.5. The molecular weight excluding hydrogens is 459 g/mol. The van der Waals surface area contributed by atoms with Crippen LogP contribution < -0.4 is 5.56 Å². The molecule has 2 aromatic heterocycles. The summed E-state index contributed by atoms with van der Waals surface area (Å²) in [5.41, 5.74) is 2.30. The summed E-state index contributed by atoms with van der Waals surface area (Å²) in [6.07, 6.45) is 6.26. The summed E-state index contributed by atoms with van der Waals surface area (Å²) in [5.74, 6) is -0.312. The number of nitrogens with one attached hydrogen (secondary N) is 1. The summed E-state index contributed by atoms with van der Waals surface area (Å²) in [6.45, 7) is 4.03. The Morgan fingerprint density at radius 2 is 1.83 bits per heavy atom. The minimum absolute atomic E-state index is 0.0671. The molecule has 0 saturated carbocycles. The molecule has 2 aliphatic rings. The molecule has 2 aliphatic heterocycles.